The SMILES string of the molecule is COc1cc(CN[S+]([O-])c2n[nH]c3ncccc23)cc(OC)c1. The lowest BCUT2D eigenvalue weighted by Crippen LogP contribution is -2.23. The third-order valence-corrected chi connectivity index (χ3v) is 4.36. The maximum atomic E-state index is 12.4. The topological polar surface area (TPSA) is 95.1 Å². The van der Waals surface area contributed by atoms with Gasteiger partial charge in [-0.3, -0.25) is 5.10 Å². The summed E-state index contributed by atoms with van der Waals surface area (Å²) in [6.45, 7) is 0.384. The van der Waals surface area contributed by atoms with Gasteiger partial charge in [0.25, 0.3) is 5.03 Å². The minimum Gasteiger partial charge on any atom is -0.592 e. The van der Waals surface area contributed by atoms with Crippen LogP contribution in [0.25, 0.3) is 11.0 Å². The molecule has 0 bridgehead atoms. The van der Waals surface area contributed by atoms with Crippen LogP contribution in [0.3, 0.4) is 0 Å². The maximum Gasteiger partial charge on any atom is 0.293 e. The van der Waals surface area contributed by atoms with E-state index in [-0.39, 0.29) is 0 Å². The van der Waals surface area contributed by atoms with Crippen molar-refractivity contribution in [3.8, 4) is 11.5 Å². The molecule has 3 aromatic rings. The van der Waals surface area contributed by atoms with Crippen molar-refractivity contribution >= 4 is 22.4 Å². The van der Waals surface area contributed by atoms with E-state index in [1.165, 1.54) is 0 Å². The Morgan fingerprint density at radius 3 is 2.65 bits per heavy atom. The molecule has 0 amide bonds. The van der Waals surface area contributed by atoms with Gasteiger partial charge in [-0.1, -0.05) is 0 Å². The minimum absolute atomic E-state index is 0.384. The number of H-pyrrole nitrogens is 1. The van der Waals surface area contributed by atoms with E-state index < -0.39 is 11.4 Å². The van der Waals surface area contributed by atoms with E-state index in [1.54, 1.807) is 32.5 Å². The van der Waals surface area contributed by atoms with E-state index in [9.17, 15) is 4.55 Å². The Labute approximate surface area is 136 Å². The van der Waals surface area contributed by atoms with Crippen LogP contribution in [-0.2, 0) is 17.9 Å². The summed E-state index contributed by atoms with van der Waals surface area (Å²) in [7, 11) is 3.18. The highest BCUT2D eigenvalue weighted by molar-refractivity contribution is 7.89. The van der Waals surface area contributed by atoms with Gasteiger partial charge >= 0.3 is 0 Å². The Morgan fingerprint density at radius 1 is 1.22 bits per heavy atom. The largest absolute Gasteiger partial charge is 0.592 e. The van der Waals surface area contributed by atoms with Crippen molar-refractivity contribution in [2.24, 2.45) is 0 Å². The Morgan fingerprint density at radius 2 is 1.96 bits per heavy atom. The Hall–Kier alpha value is -2.29. The van der Waals surface area contributed by atoms with Crippen molar-refractivity contribution < 1.29 is 14.0 Å². The zero-order chi connectivity index (χ0) is 16.2. The number of nitrogens with zero attached hydrogens (tertiary/aromatic N) is 2. The first-order chi connectivity index (χ1) is 11.2. The summed E-state index contributed by atoms with van der Waals surface area (Å²) in [5.41, 5.74) is 1.51. The van der Waals surface area contributed by atoms with E-state index in [0.29, 0.717) is 28.7 Å². The monoisotopic (exact) mass is 332 g/mol. The molecule has 2 aromatic heterocycles. The Kier molecular flexibility index (Phi) is 4.65. The van der Waals surface area contributed by atoms with Crippen molar-refractivity contribution in [3.05, 3.63) is 42.1 Å². The lowest BCUT2D eigenvalue weighted by molar-refractivity contribution is 0.393. The molecule has 0 saturated carbocycles. The fourth-order valence-corrected chi connectivity index (χ4v) is 3.09. The average molecular weight is 332 g/mol. The molecule has 2 heterocycles. The molecule has 1 atom stereocenters. The van der Waals surface area contributed by atoms with Gasteiger partial charge < -0.3 is 14.0 Å². The minimum atomic E-state index is -1.46. The molecule has 0 saturated heterocycles. The van der Waals surface area contributed by atoms with Crippen LogP contribution >= 0.6 is 0 Å². The summed E-state index contributed by atoms with van der Waals surface area (Å²) in [6, 6.07) is 9.11. The number of hydrogen-bond acceptors (Lipinski definition) is 6. The zero-order valence-electron chi connectivity index (χ0n) is 12.7. The van der Waals surface area contributed by atoms with Gasteiger partial charge in [-0.2, -0.15) is 0 Å². The quantitative estimate of drug-likeness (QED) is 0.668. The number of fused-ring (bicyclic) bond motifs is 1. The van der Waals surface area contributed by atoms with Gasteiger partial charge in [0.1, 0.15) is 22.9 Å². The lowest BCUT2D eigenvalue weighted by atomic mass is 10.2. The van der Waals surface area contributed by atoms with Gasteiger partial charge in [0.2, 0.25) is 0 Å². The molecule has 3 rings (SSSR count). The number of aromatic nitrogens is 3. The van der Waals surface area contributed by atoms with E-state index in [4.69, 9.17) is 9.47 Å². The zero-order valence-corrected chi connectivity index (χ0v) is 13.5. The van der Waals surface area contributed by atoms with Crippen molar-refractivity contribution in [2.75, 3.05) is 14.2 Å². The maximum absolute atomic E-state index is 12.4. The van der Waals surface area contributed by atoms with Gasteiger partial charge in [-0.25, -0.2) is 4.98 Å². The van der Waals surface area contributed by atoms with Crippen LogP contribution in [0.2, 0.25) is 0 Å². The van der Waals surface area contributed by atoms with Crippen LogP contribution in [0.4, 0.5) is 0 Å². The number of nitrogens with one attached hydrogen (secondary N) is 2. The van der Waals surface area contributed by atoms with Crippen LogP contribution in [0, 0.1) is 0 Å². The number of pyridine rings is 1. The smallest absolute Gasteiger partial charge is 0.293 e. The second-order valence-electron chi connectivity index (χ2n) is 4.74. The molecular weight excluding hydrogens is 316 g/mol. The summed E-state index contributed by atoms with van der Waals surface area (Å²) in [5.74, 6) is 1.36. The van der Waals surface area contributed by atoms with E-state index in [2.05, 4.69) is 19.9 Å². The van der Waals surface area contributed by atoms with Crippen molar-refractivity contribution in [1.29, 1.82) is 0 Å². The number of aromatic amines is 1. The van der Waals surface area contributed by atoms with Crippen molar-refractivity contribution in [3.63, 3.8) is 0 Å². The Bertz CT molecular complexity index is 786. The molecule has 0 spiro atoms. The lowest BCUT2D eigenvalue weighted by Gasteiger charge is -2.11. The summed E-state index contributed by atoms with van der Waals surface area (Å²) < 4.78 is 25.8. The molecule has 8 heteroatoms. The van der Waals surface area contributed by atoms with Gasteiger partial charge in [0, 0.05) is 12.3 Å². The molecule has 1 aromatic carbocycles. The molecule has 7 nitrogen and oxygen atoms in total. The Balaban J connectivity index is 1.75. The number of rotatable bonds is 6. The first-order valence-electron chi connectivity index (χ1n) is 6.87. The van der Waals surface area contributed by atoms with Gasteiger partial charge in [-0.15, -0.1) is 9.82 Å². The van der Waals surface area contributed by atoms with Crippen molar-refractivity contribution in [2.45, 2.75) is 11.6 Å². The third kappa shape index (κ3) is 3.39. The standard InChI is InChI=1S/C15H16N4O3S/c1-21-11-6-10(7-12(8-11)22-2)9-17-23(20)15-13-4-3-5-16-14(13)18-19-15/h3-8,17H,9H2,1-2H3,(H,16,18,19). The molecule has 23 heavy (non-hydrogen) atoms. The number of methoxy groups -OCH3 is 2. The third-order valence-electron chi connectivity index (χ3n) is 3.30. The first-order valence-corrected chi connectivity index (χ1v) is 8.02. The number of benzene rings is 1. The summed E-state index contributed by atoms with van der Waals surface area (Å²) >= 11 is -1.46. The van der Waals surface area contributed by atoms with E-state index in [1.807, 2.05) is 18.2 Å². The predicted octanol–water partition coefficient (Wildman–Crippen LogP) is 1.79. The van der Waals surface area contributed by atoms with Crippen LogP contribution < -0.4 is 14.2 Å². The van der Waals surface area contributed by atoms with Gasteiger partial charge in [0.05, 0.1) is 26.2 Å². The van der Waals surface area contributed by atoms with Crippen LogP contribution in [0.5, 0.6) is 11.5 Å². The predicted molar refractivity (Wildman–Crippen MR) is 86.7 cm³/mol. The molecule has 2 N–H and O–H groups in total. The van der Waals surface area contributed by atoms with E-state index in [0.717, 1.165) is 10.9 Å². The number of ether oxygens (including phenoxy) is 2. The molecule has 120 valence electrons. The molecular formula is C15H16N4O3S. The molecule has 1 unspecified atom stereocenters. The molecule has 0 aliphatic carbocycles. The average Bonchev–Trinajstić information content (AvgIpc) is 3.03. The van der Waals surface area contributed by atoms with Crippen LogP contribution in [0.15, 0.2) is 41.6 Å². The highest BCUT2D eigenvalue weighted by Crippen LogP contribution is 2.23. The van der Waals surface area contributed by atoms with Gasteiger partial charge in [-0.05, 0) is 29.8 Å². The van der Waals surface area contributed by atoms with Gasteiger partial charge in [0.15, 0.2) is 5.65 Å². The first kappa shape index (κ1) is 15.6. The molecule has 0 aliphatic rings. The van der Waals surface area contributed by atoms with Crippen molar-refractivity contribution in [1.82, 2.24) is 19.9 Å². The fourth-order valence-electron chi connectivity index (χ4n) is 2.16. The molecule has 0 aliphatic heterocycles. The highest BCUT2D eigenvalue weighted by Gasteiger charge is 2.19. The highest BCUT2D eigenvalue weighted by atomic mass is 32.2. The van der Waals surface area contributed by atoms with E-state index >= 15 is 0 Å². The second kappa shape index (κ2) is 6.86. The second-order valence-corrected chi connectivity index (χ2v) is 5.95. The van der Waals surface area contributed by atoms with Crippen LogP contribution in [0.1, 0.15) is 5.56 Å². The van der Waals surface area contributed by atoms with Crippen LogP contribution in [-0.4, -0.2) is 34.0 Å². The fraction of sp³-hybridized carbons (Fsp3) is 0.200. The number of hydrogen-bond donors (Lipinski definition) is 2. The summed E-state index contributed by atoms with van der Waals surface area (Å²) in [4.78, 5) is 4.13. The normalized spacial score (nSPS) is 12.3. The summed E-state index contributed by atoms with van der Waals surface area (Å²) in [6.07, 6.45) is 1.66. The summed E-state index contributed by atoms with van der Waals surface area (Å²) in [5, 5.41) is 8.02. The molecule has 0 radical (unpaired) electrons. The molecule has 0 fully saturated rings.